The van der Waals surface area contributed by atoms with Gasteiger partial charge in [0.15, 0.2) is 5.82 Å². The predicted molar refractivity (Wildman–Crippen MR) is 102 cm³/mol. The number of carbonyl (C=O) groups excluding carboxylic acids is 1. The van der Waals surface area contributed by atoms with E-state index in [0.717, 1.165) is 61.8 Å². The number of anilines is 1. The molecule has 0 N–H and O–H groups in total. The van der Waals surface area contributed by atoms with E-state index < -0.39 is 0 Å². The molecule has 0 aromatic carbocycles. The van der Waals surface area contributed by atoms with E-state index in [2.05, 4.69) is 31.1 Å². The number of likely N-dealkylation sites (tertiary alicyclic amines) is 1. The molecule has 4 heterocycles. The molecule has 7 nitrogen and oxygen atoms in total. The van der Waals surface area contributed by atoms with Crippen LogP contribution in [-0.4, -0.2) is 50.6 Å². The zero-order valence-corrected chi connectivity index (χ0v) is 16.1. The van der Waals surface area contributed by atoms with Crippen molar-refractivity contribution in [2.75, 3.05) is 24.5 Å². The average molecular weight is 366 g/mol. The zero-order valence-electron chi connectivity index (χ0n) is 16.1. The minimum Gasteiger partial charge on any atom is -0.355 e. The first-order valence-electron chi connectivity index (χ1n) is 9.64. The van der Waals surface area contributed by atoms with Crippen molar-refractivity contribution in [2.24, 2.45) is 5.41 Å². The van der Waals surface area contributed by atoms with Crippen LogP contribution < -0.4 is 4.90 Å². The van der Waals surface area contributed by atoms with E-state index in [1.165, 1.54) is 0 Å². The third-order valence-electron chi connectivity index (χ3n) is 5.70. The fourth-order valence-electron chi connectivity index (χ4n) is 4.24. The molecule has 0 radical (unpaired) electrons. The molecule has 1 amide bonds. The summed E-state index contributed by atoms with van der Waals surface area (Å²) < 4.78 is 0. The van der Waals surface area contributed by atoms with Crippen molar-refractivity contribution in [3.8, 4) is 0 Å². The molecule has 0 aliphatic carbocycles. The number of rotatable bonds is 3. The summed E-state index contributed by atoms with van der Waals surface area (Å²) in [6.07, 6.45) is 7.34. The van der Waals surface area contributed by atoms with Crippen molar-refractivity contribution in [1.29, 1.82) is 0 Å². The molecule has 2 saturated heterocycles. The number of carbonyl (C=O) groups is 1. The Bertz CT molecular complexity index is 806. The zero-order chi connectivity index (χ0) is 18.9. The highest BCUT2D eigenvalue weighted by Gasteiger charge is 2.42. The highest BCUT2D eigenvalue weighted by molar-refractivity contribution is 5.77. The van der Waals surface area contributed by atoms with E-state index in [4.69, 9.17) is 0 Å². The SMILES string of the molecule is Cc1cnc(CN2C[C@@]3(CCCN(c4ccc(C)nn4)C3)CCC2=O)cn1. The molecular formula is C20H26N6O. The Kier molecular flexibility index (Phi) is 4.76. The first-order valence-corrected chi connectivity index (χ1v) is 9.64. The van der Waals surface area contributed by atoms with Crippen molar-refractivity contribution in [2.45, 2.75) is 46.1 Å². The van der Waals surface area contributed by atoms with Gasteiger partial charge in [-0.25, -0.2) is 0 Å². The minimum absolute atomic E-state index is 0.122. The Morgan fingerprint density at radius 3 is 2.67 bits per heavy atom. The van der Waals surface area contributed by atoms with Crippen LogP contribution in [0.1, 0.15) is 42.8 Å². The van der Waals surface area contributed by atoms with Crippen molar-refractivity contribution < 1.29 is 4.79 Å². The van der Waals surface area contributed by atoms with Crippen LogP contribution in [0.2, 0.25) is 0 Å². The highest BCUT2D eigenvalue weighted by Crippen LogP contribution is 2.40. The summed E-state index contributed by atoms with van der Waals surface area (Å²) in [6, 6.07) is 4.06. The number of hydrogen-bond acceptors (Lipinski definition) is 6. The summed E-state index contributed by atoms with van der Waals surface area (Å²) in [5.41, 5.74) is 2.79. The monoisotopic (exact) mass is 366 g/mol. The molecule has 2 aliphatic heterocycles. The van der Waals surface area contributed by atoms with Gasteiger partial charge in [-0.05, 0) is 45.2 Å². The van der Waals surface area contributed by atoms with Crippen molar-refractivity contribution >= 4 is 11.7 Å². The van der Waals surface area contributed by atoms with Crippen molar-refractivity contribution in [1.82, 2.24) is 25.1 Å². The lowest BCUT2D eigenvalue weighted by molar-refractivity contribution is -0.138. The van der Waals surface area contributed by atoms with Gasteiger partial charge in [-0.2, -0.15) is 5.10 Å². The van der Waals surface area contributed by atoms with E-state index in [1.807, 2.05) is 24.8 Å². The van der Waals surface area contributed by atoms with Crippen LogP contribution in [0.25, 0.3) is 0 Å². The molecule has 0 unspecified atom stereocenters. The Balaban J connectivity index is 1.49. The van der Waals surface area contributed by atoms with Crippen LogP contribution in [0, 0.1) is 19.3 Å². The van der Waals surface area contributed by atoms with Gasteiger partial charge < -0.3 is 9.80 Å². The number of nitrogens with zero attached hydrogens (tertiary/aromatic N) is 6. The van der Waals surface area contributed by atoms with E-state index in [1.54, 1.807) is 12.4 Å². The summed E-state index contributed by atoms with van der Waals surface area (Å²) in [5.74, 6) is 1.16. The number of piperidine rings is 2. The largest absolute Gasteiger partial charge is 0.355 e. The van der Waals surface area contributed by atoms with Gasteiger partial charge in [0, 0.05) is 37.7 Å². The maximum atomic E-state index is 12.5. The normalized spacial score (nSPS) is 23.1. The molecular weight excluding hydrogens is 340 g/mol. The number of hydrogen-bond donors (Lipinski definition) is 0. The third-order valence-corrected chi connectivity index (χ3v) is 5.70. The molecule has 4 rings (SSSR count). The van der Waals surface area contributed by atoms with E-state index in [0.29, 0.717) is 13.0 Å². The predicted octanol–water partition coefficient (Wildman–Crippen LogP) is 2.29. The molecule has 2 fully saturated rings. The quantitative estimate of drug-likeness (QED) is 0.830. The first kappa shape index (κ1) is 17.8. The second kappa shape index (κ2) is 7.21. The molecule has 0 saturated carbocycles. The molecule has 2 aliphatic rings. The number of amides is 1. The molecule has 2 aromatic heterocycles. The van der Waals surface area contributed by atoms with Gasteiger partial charge >= 0.3 is 0 Å². The Hall–Kier alpha value is -2.57. The molecule has 7 heteroatoms. The van der Waals surface area contributed by atoms with E-state index >= 15 is 0 Å². The number of aromatic nitrogens is 4. The molecule has 0 bridgehead atoms. The number of aryl methyl sites for hydroxylation is 2. The van der Waals surface area contributed by atoms with Crippen LogP contribution >= 0.6 is 0 Å². The van der Waals surface area contributed by atoms with Gasteiger partial charge in [-0.3, -0.25) is 14.8 Å². The maximum absolute atomic E-state index is 12.5. The van der Waals surface area contributed by atoms with Crippen LogP contribution in [-0.2, 0) is 11.3 Å². The van der Waals surface area contributed by atoms with E-state index in [-0.39, 0.29) is 11.3 Å². The molecule has 1 atom stereocenters. The Morgan fingerprint density at radius 2 is 1.93 bits per heavy atom. The highest BCUT2D eigenvalue weighted by atomic mass is 16.2. The second-order valence-corrected chi connectivity index (χ2v) is 7.96. The Labute approximate surface area is 159 Å². The standard InChI is InChI=1S/C20H26N6O/c1-15-4-5-18(24-23-15)25-9-3-7-20(13-25)8-6-19(27)26(14-20)12-17-11-21-16(2)10-22-17/h4-5,10-11H,3,6-9,12-14H2,1-2H3/t20-/m0/s1. The molecule has 142 valence electrons. The van der Waals surface area contributed by atoms with Gasteiger partial charge in [-0.15, -0.1) is 5.10 Å². The fourth-order valence-corrected chi connectivity index (χ4v) is 4.24. The van der Waals surface area contributed by atoms with Crippen molar-refractivity contribution in [3.05, 3.63) is 41.6 Å². The van der Waals surface area contributed by atoms with Crippen LogP contribution in [0.4, 0.5) is 5.82 Å². The lowest BCUT2D eigenvalue weighted by Gasteiger charge is -2.48. The van der Waals surface area contributed by atoms with Crippen LogP contribution in [0.5, 0.6) is 0 Å². The summed E-state index contributed by atoms with van der Waals surface area (Å²) in [4.78, 5) is 25.6. The molecule has 1 spiro atoms. The smallest absolute Gasteiger partial charge is 0.222 e. The summed E-state index contributed by atoms with van der Waals surface area (Å²) in [7, 11) is 0. The van der Waals surface area contributed by atoms with E-state index in [9.17, 15) is 4.79 Å². The Morgan fingerprint density at radius 1 is 1.04 bits per heavy atom. The van der Waals surface area contributed by atoms with Gasteiger partial charge in [-0.1, -0.05) is 0 Å². The lowest BCUT2D eigenvalue weighted by atomic mass is 9.73. The fraction of sp³-hybridized carbons (Fsp3) is 0.550. The van der Waals surface area contributed by atoms with Crippen molar-refractivity contribution in [3.63, 3.8) is 0 Å². The maximum Gasteiger partial charge on any atom is 0.222 e. The van der Waals surface area contributed by atoms with Crippen LogP contribution in [0.15, 0.2) is 24.5 Å². The average Bonchev–Trinajstić information content (AvgIpc) is 2.67. The minimum atomic E-state index is 0.122. The molecule has 2 aromatic rings. The lowest BCUT2D eigenvalue weighted by Crippen LogP contribution is -2.54. The van der Waals surface area contributed by atoms with Gasteiger partial charge in [0.05, 0.1) is 29.8 Å². The summed E-state index contributed by atoms with van der Waals surface area (Å²) in [6.45, 7) is 7.11. The van der Waals surface area contributed by atoms with Gasteiger partial charge in [0.1, 0.15) is 0 Å². The molecule has 27 heavy (non-hydrogen) atoms. The van der Waals surface area contributed by atoms with Gasteiger partial charge in [0.2, 0.25) is 5.91 Å². The van der Waals surface area contributed by atoms with Crippen LogP contribution in [0.3, 0.4) is 0 Å². The first-order chi connectivity index (χ1) is 13.0. The van der Waals surface area contributed by atoms with Gasteiger partial charge in [0.25, 0.3) is 0 Å². The topological polar surface area (TPSA) is 75.1 Å². The summed E-state index contributed by atoms with van der Waals surface area (Å²) >= 11 is 0. The second-order valence-electron chi connectivity index (χ2n) is 7.96. The third kappa shape index (κ3) is 3.91. The summed E-state index contributed by atoms with van der Waals surface area (Å²) in [5, 5.41) is 8.57.